The summed E-state index contributed by atoms with van der Waals surface area (Å²) in [6.07, 6.45) is 4.54. The molecule has 0 aliphatic heterocycles. The Kier molecular flexibility index (Phi) is 5.73. The molecule has 1 amide bonds. The highest BCUT2D eigenvalue weighted by Crippen LogP contribution is 2.35. The maximum Gasteiger partial charge on any atom is 0.407 e. The lowest BCUT2D eigenvalue weighted by atomic mass is 9.89. The summed E-state index contributed by atoms with van der Waals surface area (Å²) in [5.41, 5.74) is 1.12. The fraction of sp³-hybridized carbons (Fsp3) is 0.421. The van der Waals surface area contributed by atoms with E-state index in [9.17, 15) is 14.0 Å². The molecule has 1 aliphatic rings. The van der Waals surface area contributed by atoms with E-state index in [1.165, 1.54) is 26.4 Å². The maximum atomic E-state index is 13.8. The molecular formula is C19H22FN3O4. The molecule has 1 heterocycles. The minimum Gasteiger partial charge on any atom is -0.464 e. The van der Waals surface area contributed by atoms with E-state index in [2.05, 4.69) is 10.3 Å². The predicted octanol–water partition coefficient (Wildman–Crippen LogP) is 3.32. The Bertz CT molecular complexity index is 836. The van der Waals surface area contributed by atoms with Gasteiger partial charge >= 0.3 is 12.1 Å². The molecule has 1 saturated carbocycles. The normalized spacial score (nSPS) is 19.4. The van der Waals surface area contributed by atoms with Crippen LogP contribution in [0.3, 0.4) is 0 Å². The number of carbonyl (C=O) groups excluding carboxylic acids is 2. The smallest absolute Gasteiger partial charge is 0.407 e. The Morgan fingerprint density at radius 1 is 1.22 bits per heavy atom. The summed E-state index contributed by atoms with van der Waals surface area (Å²) in [7, 11) is 2.59. The van der Waals surface area contributed by atoms with Gasteiger partial charge in [0.25, 0.3) is 0 Å². The molecule has 1 aromatic carbocycles. The van der Waals surface area contributed by atoms with Gasteiger partial charge < -0.3 is 19.4 Å². The number of nitrogens with zero attached hydrogens (tertiary/aromatic N) is 2. The van der Waals surface area contributed by atoms with Gasteiger partial charge in [0.2, 0.25) is 0 Å². The second kappa shape index (κ2) is 8.20. The number of imidazole rings is 1. The predicted molar refractivity (Wildman–Crippen MR) is 95.8 cm³/mol. The van der Waals surface area contributed by atoms with Crippen LogP contribution in [0.2, 0.25) is 0 Å². The van der Waals surface area contributed by atoms with Crippen LogP contribution in [0, 0.1) is 5.82 Å². The zero-order valence-corrected chi connectivity index (χ0v) is 15.3. The molecule has 7 nitrogen and oxygen atoms in total. The number of esters is 1. The van der Waals surface area contributed by atoms with Crippen molar-refractivity contribution in [3.63, 3.8) is 0 Å². The first kappa shape index (κ1) is 18.9. The lowest BCUT2D eigenvalue weighted by molar-refractivity contribution is 0.0595. The van der Waals surface area contributed by atoms with E-state index in [-0.39, 0.29) is 17.8 Å². The maximum absolute atomic E-state index is 13.8. The topological polar surface area (TPSA) is 82.5 Å². The number of rotatable bonds is 4. The quantitative estimate of drug-likeness (QED) is 0.829. The summed E-state index contributed by atoms with van der Waals surface area (Å²) in [6, 6.07) is 5.67. The van der Waals surface area contributed by atoms with Crippen molar-refractivity contribution < 1.29 is 23.5 Å². The van der Waals surface area contributed by atoms with Gasteiger partial charge in [-0.15, -0.1) is 0 Å². The van der Waals surface area contributed by atoms with Crippen LogP contribution in [0.1, 0.15) is 42.2 Å². The average molecular weight is 375 g/mol. The van der Waals surface area contributed by atoms with Crippen LogP contribution in [-0.2, 0) is 9.47 Å². The zero-order valence-electron chi connectivity index (χ0n) is 15.3. The number of hydrogen-bond acceptors (Lipinski definition) is 5. The van der Waals surface area contributed by atoms with Gasteiger partial charge in [0, 0.05) is 5.56 Å². The Balaban J connectivity index is 2.07. The van der Waals surface area contributed by atoms with Crippen LogP contribution < -0.4 is 5.32 Å². The molecule has 0 radical (unpaired) electrons. The lowest BCUT2D eigenvalue weighted by Gasteiger charge is -2.33. The third-order valence-electron chi connectivity index (χ3n) is 4.85. The number of hydrogen-bond donors (Lipinski definition) is 1. The van der Waals surface area contributed by atoms with Crippen molar-refractivity contribution in [1.29, 1.82) is 0 Å². The Labute approximate surface area is 156 Å². The third-order valence-corrected chi connectivity index (χ3v) is 4.85. The van der Waals surface area contributed by atoms with E-state index in [1.807, 2.05) is 4.57 Å². The Morgan fingerprint density at radius 3 is 2.70 bits per heavy atom. The standard InChI is InChI=1S/C19H22FN3O4/c1-26-18(24)16-17(12-6-5-7-13(20)10-12)23(11-21-16)15-9-4-3-8-14(15)22-19(25)27-2/h5-7,10-11,14-15H,3-4,8-9H2,1-2H3,(H,22,25)/t14-,15-/m0/s1. The van der Waals surface area contributed by atoms with E-state index in [0.29, 0.717) is 11.3 Å². The summed E-state index contributed by atoms with van der Waals surface area (Å²) >= 11 is 0. The highest BCUT2D eigenvalue weighted by molar-refractivity contribution is 5.94. The molecule has 8 heteroatoms. The van der Waals surface area contributed by atoms with Crippen molar-refractivity contribution in [2.45, 2.75) is 37.8 Å². The van der Waals surface area contributed by atoms with Gasteiger partial charge in [-0.1, -0.05) is 25.0 Å². The van der Waals surface area contributed by atoms with Crippen LogP contribution in [0.4, 0.5) is 9.18 Å². The molecule has 0 unspecified atom stereocenters. The van der Waals surface area contributed by atoms with Gasteiger partial charge in [0.1, 0.15) is 5.82 Å². The summed E-state index contributed by atoms with van der Waals surface area (Å²) < 4.78 is 25.2. The van der Waals surface area contributed by atoms with Crippen LogP contribution in [0.15, 0.2) is 30.6 Å². The molecule has 2 aromatic rings. The second-order valence-corrected chi connectivity index (χ2v) is 6.45. The summed E-state index contributed by atoms with van der Waals surface area (Å²) in [5.74, 6) is -1.01. The molecule has 3 rings (SSSR count). The van der Waals surface area contributed by atoms with Crippen molar-refractivity contribution in [2.75, 3.05) is 14.2 Å². The van der Waals surface area contributed by atoms with Crippen molar-refractivity contribution in [2.24, 2.45) is 0 Å². The van der Waals surface area contributed by atoms with Gasteiger partial charge in [-0.05, 0) is 25.0 Å². The van der Waals surface area contributed by atoms with Gasteiger partial charge in [0.05, 0.1) is 38.3 Å². The molecule has 1 aliphatic carbocycles. The van der Waals surface area contributed by atoms with Crippen LogP contribution in [-0.4, -0.2) is 41.9 Å². The van der Waals surface area contributed by atoms with Crippen LogP contribution in [0.5, 0.6) is 0 Å². The van der Waals surface area contributed by atoms with Crippen LogP contribution >= 0.6 is 0 Å². The van der Waals surface area contributed by atoms with Crippen molar-refractivity contribution in [3.8, 4) is 11.3 Å². The fourth-order valence-electron chi connectivity index (χ4n) is 3.60. The average Bonchev–Trinajstić information content (AvgIpc) is 3.12. The first-order valence-electron chi connectivity index (χ1n) is 8.80. The number of methoxy groups -OCH3 is 2. The monoisotopic (exact) mass is 375 g/mol. The minimum absolute atomic E-state index is 0.116. The highest BCUT2D eigenvalue weighted by Gasteiger charge is 2.32. The van der Waals surface area contributed by atoms with Crippen molar-refractivity contribution in [3.05, 3.63) is 42.1 Å². The van der Waals surface area contributed by atoms with E-state index in [0.717, 1.165) is 25.7 Å². The highest BCUT2D eigenvalue weighted by atomic mass is 19.1. The first-order valence-corrected chi connectivity index (χ1v) is 8.80. The van der Waals surface area contributed by atoms with E-state index in [1.54, 1.807) is 18.5 Å². The second-order valence-electron chi connectivity index (χ2n) is 6.45. The number of benzene rings is 1. The molecule has 0 spiro atoms. The molecule has 2 atom stereocenters. The van der Waals surface area contributed by atoms with Gasteiger partial charge in [-0.25, -0.2) is 19.0 Å². The lowest BCUT2D eigenvalue weighted by Crippen LogP contribution is -2.43. The number of ether oxygens (including phenoxy) is 2. The van der Waals surface area contributed by atoms with Gasteiger partial charge in [0.15, 0.2) is 5.69 Å². The molecule has 1 fully saturated rings. The van der Waals surface area contributed by atoms with E-state index >= 15 is 0 Å². The minimum atomic E-state index is -0.596. The molecule has 0 saturated heterocycles. The SMILES string of the molecule is COC(=O)N[C@H]1CCCC[C@@H]1n1cnc(C(=O)OC)c1-c1cccc(F)c1. The molecule has 1 aromatic heterocycles. The number of alkyl carbamates (subject to hydrolysis) is 1. The summed E-state index contributed by atoms with van der Waals surface area (Å²) in [6.45, 7) is 0. The zero-order chi connectivity index (χ0) is 19.4. The van der Waals surface area contributed by atoms with Crippen LogP contribution in [0.25, 0.3) is 11.3 Å². The molecule has 144 valence electrons. The first-order chi connectivity index (χ1) is 13.0. The fourth-order valence-corrected chi connectivity index (χ4v) is 3.60. The van der Waals surface area contributed by atoms with Gasteiger partial charge in [-0.3, -0.25) is 0 Å². The number of halogens is 1. The number of nitrogens with one attached hydrogen (secondary N) is 1. The Morgan fingerprint density at radius 2 is 2.00 bits per heavy atom. The number of aromatic nitrogens is 2. The largest absolute Gasteiger partial charge is 0.464 e. The van der Waals surface area contributed by atoms with E-state index < -0.39 is 17.9 Å². The van der Waals surface area contributed by atoms with Crippen molar-refractivity contribution in [1.82, 2.24) is 14.9 Å². The van der Waals surface area contributed by atoms with Gasteiger partial charge in [-0.2, -0.15) is 0 Å². The summed E-state index contributed by atoms with van der Waals surface area (Å²) in [5, 5.41) is 2.86. The number of carbonyl (C=O) groups is 2. The molecular weight excluding hydrogens is 353 g/mol. The molecule has 0 bridgehead atoms. The molecule has 1 N–H and O–H groups in total. The summed E-state index contributed by atoms with van der Waals surface area (Å²) in [4.78, 5) is 28.2. The van der Waals surface area contributed by atoms with Crippen molar-refractivity contribution >= 4 is 12.1 Å². The van der Waals surface area contributed by atoms with E-state index in [4.69, 9.17) is 9.47 Å². The molecule has 27 heavy (non-hydrogen) atoms. The number of amides is 1. The third kappa shape index (κ3) is 3.94. The Hall–Kier alpha value is -2.90.